The van der Waals surface area contributed by atoms with Crippen LogP contribution in [0.5, 0.6) is 0 Å². The monoisotopic (exact) mass is 419 g/mol. The fraction of sp³-hybridized carbons (Fsp3) is 0.960. The Morgan fingerprint density at radius 2 is 1.10 bits per heavy atom. The molecule has 0 N–H and O–H groups in total. The van der Waals surface area contributed by atoms with E-state index in [4.69, 9.17) is 0 Å². The Hall–Kier alpha value is 0.430. The number of nitrogens with zero attached hydrogens (tertiary/aromatic N) is 1. The molecule has 3 nitrogen and oxygen atoms in total. The van der Waals surface area contributed by atoms with Crippen LogP contribution in [-0.2, 0) is 4.79 Å². The van der Waals surface area contributed by atoms with Gasteiger partial charge >= 0.3 is 29.6 Å². The van der Waals surface area contributed by atoms with Crippen molar-refractivity contribution in [1.29, 1.82) is 0 Å². The van der Waals surface area contributed by atoms with Crippen molar-refractivity contribution in [3.63, 3.8) is 0 Å². The second kappa shape index (κ2) is 24.7. The van der Waals surface area contributed by atoms with E-state index in [0.29, 0.717) is 6.04 Å². The van der Waals surface area contributed by atoms with E-state index in [1.807, 2.05) is 0 Å². The van der Waals surface area contributed by atoms with Crippen LogP contribution in [0.25, 0.3) is 0 Å². The summed E-state index contributed by atoms with van der Waals surface area (Å²) in [5.74, 6) is -0.902. The molecule has 0 aromatic rings. The predicted molar refractivity (Wildman–Crippen MR) is 120 cm³/mol. The van der Waals surface area contributed by atoms with Crippen molar-refractivity contribution < 1.29 is 39.5 Å². The molecular formula is C25H50NNaO2. The van der Waals surface area contributed by atoms with Gasteiger partial charge < -0.3 is 14.8 Å². The van der Waals surface area contributed by atoms with Crippen LogP contribution in [-0.4, -0.2) is 30.0 Å². The Balaban J connectivity index is 0. The first kappa shape index (κ1) is 31.6. The third-order valence-electron chi connectivity index (χ3n) is 6.00. The molecule has 0 heterocycles. The molecule has 0 aliphatic carbocycles. The maximum Gasteiger partial charge on any atom is 1.00 e. The Morgan fingerprint density at radius 3 is 1.48 bits per heavy atom. The number of hydrogen-bond donors (Lipinski definition) is 0. The van der Waals surface area contributed by atoms with Gasteiger partial charge in [0.25, 0.3) is 0 Å². The molecule has 0 aliphatic rings. The number of carbonyl (C=O) groups excluding carboxylic acids is 1. The molecule has 0 aromatic heterocycles. The zero-order valence-corrected chi connectivity index (χ0v) is 22.5. The van der Waals surface area contributed by atoms with Crippen LogP contribution in [0.4, 0.5) is 0 Å². The first-order valence-corrected chi connectivity index (χ1v) is 12.6. The summed E-state index contributed by atoms with van der Waals surface area (Å²) in [5.41, 5.74) is 0. The first-order chi connectivity index (χ1) is 13.7. The quantitative estimate of drug-likeness (QED) is 0.199. The van der Waals surface area contributed by atoms with Crippen molar-refractivity contribution >= 4 is 5.97 Å². The SMILES string of the molecule is CCCCCCCCCN(CCCCCCCCC)C(CC)CCCC(=O)[O-].[Na+]. The van der Waals surface area contributed by atoms with E-state index in [2.05, 4.69) is 25.7 Å². The molecule has 168 valence electrons. The maximum absolute atomic E-state index is 10.8. The van der Waals surface area contributed by atoms with Crippen molar-refractivity contribution in [1.82, 2.24) is 4.90 Å². The van der Waals surface area contributed by atoms with Gasteiger partial charge in [-0.1, -0.05) is 97.8 Å². The molecule has 1 unspecified atom stereocenters. The molecule has 4 heteroatoms. The topological polar surface area (TPSA) is 43.4 Å². The molecule has 29 heavy (non-hydrogen) atoms. The van der Waals surface area contributed by atoms with Gasteiger partial charge in [0.15, 0.2) is 0 Å². The molecule has 1 atom stereocenters. The minimum absolute atomic E-state index is 0. The van der Waals surface area contributed by atoms with Crippen molar-refractivity contribution in [2.45, 2.75) is 142 Å². The second-order valence-corrected chi connectivity index (χ2v) is 8.60. The van der Waals surface area contributed by atoms with Gasteiger partial charge in [0.1, 0.15) is 0 Å². The molecule has 0 amide bonds. The molecule has 0 radical (unpaired) electrons. The van der Waals surface area contributed by atoms with Crippen LogP contribution in [0, 0.1) is 0 Å². The van der Waals surface area contributed by atoms with Gasteiger partial charge in [-0.3, -0.25) is 0 Å². The van der Waals surface area contributed by atoms with E-state index in [1.165, 1.54) is 103 Å². The van der Waals surface area contributed by atoms with Gasteiger partial charge in [-0.25, -0.2) is 0 Å². The third-order valence-corrected chi connectivity index (χ3v) is 6.00. The Kier molecular flexibility index (Phi) is 26.9. The summed E-state index contributed by atoms with van der Waals surface area (Å²) < 4.78 is 0. The molecule has 0 aliphatic heterocycles. The zero-order chi connectivity index (χ0) is 20.9. The summed E-state index contributed by atoms with van der Waals surface area (Å²) >= 11 is 0. The van der Waals surface area contributed by atoms with Gasteiger partial charge in [0.2, 0.25) is 0 Å². The minimum Gasteiger partial charge on any atom is -0.550 e. The van der Waals surface area contributed by atoms with Gasteiger partial charge in [0, 0.05) is 12.0 Å². The zero-order valence-electron chi connectivity index (χ0n) is 20.5. The fourth-order valence-corrected chi connectivity index (χ4v) is 4.15. The summed E-state index contributed by atoms with van der Waals surface area (Å²) in [6.07, 6.45) is 22.0. The Labute approximate surface area is 205 Å². The first-order valence-electron chi connectivity index (χ1n) is 12.6. The smallest absolute Gasteiger partial charge is 0.550 e. The molecule has 0 aromatic carbocycles. The average molecular weight is 420 g/mol. The molecule has 0 saturated heterocycles. The molecule has 0 saturated carbocycles. The third kappa shape index (κ3) is 21.4. The number of unbranched alkanes of at least 4 members (excludes halogenated alkanes) is 12. The minimum atomic E-state index is -0.902. The van der Waals surface area contributed by atoms with E-state index in [0.717, 1.165) is 19.3 Å². The van der Waals surface area contributed by atoms with Crippen LogP contribution in [0.1, 0.15) is 136 Å². The van der Waals surface area contributed by atoms with Crippen LogP contribution >= 0.6 is 0 Å². The van der Waals surface area contributed by atoms with E-state index < -0.39 is 5.97 Å². The molecule has 0 bridgehead atoms. The summed E-state index contributed by atoms with van der Waals surface area (Å²) in [4.78, 5) is 13.4. The number of rotatable bonds is 22. The van der Waals surface area contributed by atoms with E-state index in [-0.39, 0.29) is 36.0 Å². The number of hydrogen-bond acceptors (Lipinski definition) is 3. The van der Waals surface area contributed by atoms with Crippen molar-refractivity contribution in [2.24, 2.45) is 0 Å². The maximum atomic E-state index is 10.8. The van der Waals surface area contributed by atoms with Crippen LogP contribution < -0.4 is 34.7 Å². The van der Waals surface area contributed by atoms with Crippen molar-refractivity contribution in [2.75, 3.05) is 13.1 Å². The molecule has 0 rings (SSSR count). The number of aliphatic carboxylic acids is 1. The number of carboxylic acid groups (broad SMARTS) is 1. The van der Waals surface area contributed by atoms with E-state index in [9.17, 15) is 9.90 Å². The van der Waals surface area contributed by atoms with Crippen LogP contribution in [0.15, 0.2) is 0 Å². The van der Waals surface area contributed by atoms with Gasteiger partial charge in [-0.15, -0.1) is 0 Å². The second-order valence-electron chi connectivity index (χ2n) is 8.60. The van der Waals surface area contributed by atoms with E-state index >= 15 is 0 Å². The van der Waals surface area contributed by atoms with E-state index in [1.54, 1.807) is 0 Å². The van der Waals surface area contributed by atoms with Gasteiger partial charge in [-0.2, -0.15) is 0 Å². The standard InChI is InChI=1S/C25H51NO2.Na/c1-4-7-9-11-13-15-17-22-26(23-18-16-14-12-10-8-5-2)24(6-3)20-19-21-25(27)28;/h24H,4-23H2,1-3H3,(H,27,28);/q;+1/p-1. The summed E-state index contributed by atoms with van der Waals surface area (Å²) in [7, 11) is 0. The van der Waals surface area contributed by atoms with Crippen molar-refractivity contribution in [3.05, 3.63) is 0 Å². The summed E-state index contributed by atoms with van der Waals surface area (Å²) in [6, 6.07) is 0.541. The number of carbonyl (C=O) groups is 1. The largest absolute Gasteiger partial charge is 1.00 e. The van der Waals surface area contributed by atoms with Crippen molar-refractivity contribution in [3.8, 4) is 0 Å². The normalized spacial score (nSPS) is 12.1. The predicted octanol–water partition coefficient (Wildman–Crippen LogP) is 3.49. The summed E-state index contributed by atoms with van der Waals surface area (Å²) in [5, 5.41) is 10.8. The summed E-state index contributed by atoms with van der Waals surface area (Å²) in [6.45, 7) is 9.17. The molecular weight excluding hydrogens is 369 g/mol. The van der Waals surface area contributed by atoms with Crippen LogP contribution in [0.3, 0.4) is 0 Å². The molecule has 0 fully saturated rings. The molecule has 0 spiro atoms. The number of carboxylic acids is 1. The fourth-order valence-electron chi connectivity index (χ4n) is 4.15. The van der Waals surface area contributed by atoms with Gasteiger partial charge in [0.05, 0.1) is 0 Å². The van der Waals surface area contributed by atoms with Crippen LogP contribution in [0.2, 0.25) is 0 Å². The van der Waals surface area contributed by atoms with Gasteiger partial charge in [-0.05, 0) is 51.6 Å². The Bertz CT molecular complexity index is 321. The average Bonchev–Trinajstić information content (AvgIpc) is 2.68. The Morgan fingerprint density at radius 1 is 0.690 bits per heavy atom.